The highest BCUT2D eigenvalue weighted by Gasteiger charge is 2.32. The van der Waals surface area contributed by atoms with Crippen LogP contribution >= 0.6 is 0 Å². The number of hydrogen-bond donors (Lipinski definition) is 0. The van der Waals surface area contributed by atoms with Crippen LogP contribution in [-0.2, 0) is 0 Å². The van der Waals surface area contributed by atoms with Crippen molar-refractivity contribution in [3.8, 4) is 0 Å². The van der Waals surface area contributed by atoms with Crippen molar-refractivity contribution in [1.82, 2.24) is 30.1 Å². The first-order chi connectivity index (χ1) is 11.8. The van der Waals surface area contributed by atoms with Crippen molar-refractivity contribution in [3.63, 3.8) is 0 Å². The zero-order chi connectivity index (χ0) is 16.4. The molecule has 0 amide bonds. The summed E-state index contributed by atoms with van der Waals surface area (Å²) < 4.78 is 2.11. The van der Waals surface area contributed by atoms with Gasteiger partial charge in [-0.3, -0.25) is 9.88 Å². The van der Waals surface area contributed by atoms with Crippen molar-refractivity contribution in [2.75, 3.05) is 13.1 Å². The molecule has 1 aliphatic heterocycles. The zero-order valence-electron chi connectivity index (χ0n) is 14.4. The molecule has 2 fully saturated rings. The van der Waals surface area contributed by atoms with E-state index < -0.39 is 0 Å². The number of rotatable bonds is 4. The van der Waals surface area contributed by atoms with Crippen molar-refractivity contribution < 1.29 is 0 Å². The van der Waals surface area contributed by atoms with Crippen LogP contribution in [0.1, 0.15) is 68.9 Å². The zero-order valence-corrected chi connectivity index (χ0v) is 14.4. The topological polar surface area (TPSA) is 59.7 Å². The summed E-state index contributed by atoms with van der Waals surface area (Å²) in [7, 11) is 0. The van der Waals surface area contributed by atoms with Crippen LogP contribution in [0, 0.1) is 5.92 Å². The highest BCUT2D eigenvalue weighted by molar-refractivity contribution is 5.22. The predicted octanol–water partition coefficient (Wildman–Crippen LogP) is 3.00. The minimum Gasteiger partial charge on any atom is -0.290 e. The van der Waals surface area contributed by atoms with Crippen molar-refractivity contribution in [2.24, 2.45) is 5.92 Å². The van der Waals surface area contributed by atoms with Gasteiger partial charge in [-0.15, -0.1) is 5.10 Å². The quantitative estimate of drug-likeness (QED) is 0.864. The SMILES string of the molecule is CC1CCN(C(c2ccncc2)c2nnnn2C2CCCC2)CC1. The van der Waals surface area contributed by atoms with Crippen LogP contribution in [0.5, 0.6) is 0 Å². The molecule has 0 aromatic carbocycles. The fourth-order valence-electron chi connectivity index (χ4n) is 4.15. The van der Waals surface area contributed by atoms with E-state index in [1.54, 1.807) is 0 Å². The summed E-state index contributed by atoms with van der Waals surface area (Å²) in [6.45, 7) is 4.55. The third-order valence-electron chi connectivity index (χ3n) is 5.64. The molecule has 4 rings (SSSR count). The van der Waals surface area contributed by atoms with Gasteiger partial charge in [0.1, 0.15) is 0 Å². The van der Waals surface area contributed by atoms with Gasteiger partial charge >= 0.3 is 0 Å². The Morgan fingerprint density at radius 3 is 2.46 bits per heavy atom. The number of pyridine rings is 1. The van der Waals surface area contributed by atoms with Gasteiger partial charge in [-0.1, -0.05) is 19.8 Å². The lowest BCUT2D eigenvalue weighted by Crippen LogP contribution is -2.38. The van der Waals surface area contributed by atoms with Gasteiger partial charge in [0.25, 0.3) is 0 Å². The van der Waals surface area contributed by atoms with Gasteiger partial charge in [0.05, 0.1) is 12.1 Å². The van der Waals surface area contributed by atoms with Crippen LogP contribution in [0.4, 0.5) is 0 Å². The molecule has 1 atom stereocenters. The number of tetrazole rings is 1. The lowest BCUT2D eigenvalue weighted by molar-refractivity contribution is 0.148. The summed E-state index contributed by atoms with van der Waals surface area (Å²) in [6.07, 6.45) is 11.2. The maximum absolute atomic E-state index is 4.47. The van der Waals surface area contributed by atoms with Crippen LogP contribution in [0.15, 0.2) is 24.5 Å². The molecule has 0 radical (unpaired) electrons. The fourth-order valence-corrected chi connectivity index (χ4v) is 4.15. The maximum atomic E-state index is 4.47. The monoisotopic (exact) mass is 326 g/mol. The van der Waals surface area contributed by atoms with Crippen molar-refractivity contribution in [3.05, 3.63) is 35.9 Å². The molecule has 0 N–H and O–H groups in total. The second kappa shape index (κ2) is 6.97. The van der Waals surface area contributed by atoms with Gasteiger partial charge in [-0.05, 0) is 72.8 Å². The summed E-state index contributed by atoms with van der Waals surface area (Å²) >= 11 is 0. The van der Waals surface area contributed by atoms with Crippen molar-refractivity contribution >= 4 is 0 Å². The van der Waals surface area contributed by atoms with E-state index in [2.05, 4.69) is 49.1 Å². The number of hydrogen-bond acceptors (Lipinski definition) is 5. The molecule has 1 unspecified atom stereocenters. The highest BCUT2D eigenvalue weighted by atomic mass is 15.6. The van der Waals surface area contributed by atoms with Crippen LogP contribution in [0.3, 0.4) is 0 Å². The van der Waals surface area contributed by atoms with E-state index in [1.165, 1.54) is 44.1 Å². The highest BCUT2D eigenvalue weighted by Crippen LogP contribution is 2.35. The van der Waals surface area contributed by atoms with Crippen LogP contribution in [0.2, 0.25) is 0 Å². The molecule has 6 heteroatoms. The Morgan fingerprint density at radius 2 is 1.75 bits per heavy atom. The number of piperidine rings is 1. The van der Waals surface area contributed by atoms with Crippen LogP contribution < -0.4 is 0 Å². The molecule has 1 saturated heterocycles. The smallest absolute Gasteiger partial charge is 0.173 e. The Morgan fingerprint density at radius 1 is 1.04 bits per heavy atom. The minimum absolute atomic E-state index is 0.135. The number of likely N-dealkylation sites (tertiary alicyclic amines) is 1. The fraction of sp³-hybridized carbons (Fsp3) is 0.667. The van der Waals surface area contributed by atoms with Gasteiger partial charge in [0.2, 0.25) is 0 Å². The molecule has 1 aliphatic carbocycles. The van der Waals surface area contributed by atoms with Gasteiger partial charge < -0.3 is 0 Å². The average Bonchev–Trinajstić information content (AvgIpc) is 3.29. The summed E-state index contributed by atoms with van der Waals surface area (Å²) in [4.78, 5) is 6.74. The van der Waals surface area contributed by atoms with Crippen molar-refractivity contribution in [2.45, 2.75) is 57.5 Å². The summed E-state index contributed by atoms with van der Waals surface area (Å²) in [6, 6.07) is 4.81. The summed E-state index contributed by atoms with van der Waals surface area (Å²) in [5, 5.41) is 12.9. The molecule has 2 aromatic rings. The second-order valence-electron chi connectivity index (χ2n) is 7.32. The van der Waals surface area contributed by atoms with E-state index in [4.69, 9.17) is 0 Å². The van der Waals surface area contributed by atoms with Gasteiger partial charge in [0.15, 0.2) is 5.82 Å². The molecule has 6 nitrogen and oxygen atoms in total. The normalized spacial score (nSPS) is 22.0. The molecule has 0 bridgehead atoms. The third kappa shape index (κ3) is 3.07. The molecule has 0 spiro atoms. The number of nitrogens with zero attached hydrogens (tertiary/aromatic N) is 6. The molecule has 2 aromatic heterocycles. The van der Waals surface area contributed by atoms with E-state index in [1.807, 2.05) is 12.4 Å². The Balaban J connectivity index is 1.69. The Bertz CT molecular complexity index is 641. The first kappa shape index (κ1) is 15.7. The van der Waals surface area contributed by atoms with E-state index in [0.29, 0.717) is 6.04 Å². The Kier molecular flexibility index (Phi) is 4.56. The third-order valence-corrected chi connectivity index (χ3v) is 5.64. The van der Waals surface area contributed by atoms with Crippen LogP contribution in [-0.4, -0.2) is 43.2 Å². The standard InChI is InChI=1S/C18H26N6/c1-14-8-12-23(13-9-14)17(15-6-10-19-11-7-15)18-20-21-22-24(18)16-4-2-3-5-16/h6-7,10-11,14,16-17H,2-5,8-9,12-13H2,1H3. The van der Waals surface area contributed by atoms with Crippen molar-refractivity contribution in [1.29, 1.82) is 0 Å². The molecule has 1 saturated carbocycles. The maximum Gasteiger partial charge on any atom is 0.173 e. The van der Waals surface area contributed by atoms with E-state index >= 15 is 0 Å². The van der Waals surface area contributed by atoms with E-state index in [-0.39, 0.29) is 6.04 Å². The second-order valence-corrected chi connectivity index (χ2v) is 7.32. The van der Waals surface area contributed by atoms with Crippen LogP contribution in [0.25, 0.3) is 0 Å². The average molecular weight is 326 g/mol. The minimum atomic E-state index is 0.135. The molecule has 24 heavy (non-hydrogen) atoms. The number of aromatic nitrogens is 5. The Labute approximate surface area is 143 Å². The molecule has 128 valence electrons. The molecule has 3 heterocycles. The first-order valence-corrected chi connectivity index (χ1v) is 9.24. The molecular weight excluding hydrogens is 300 g/mol. The molecule has 2 aliphatic rings. The first-order valence-electron chi connectivity index (χ1n) is 9.24. The van der Waals surface area contributed by atoms with E-state index in [9.17, 15) is 0 Å². The van der Waals surface area contributed by atoms with Gasteiger partial charge in [0, 0.05) is 12.4 Å². The molecular formula is C18H26N6. The lowest BCUT2D eigenvalue weighted by atomic mass is 9.95. The largest absolute Gasteiger partial charge is 0.290 e. The summed E-state index contributed by atoms with van der Waals surface area (Å²) in [5.74, 6) is 1.81. The Hall–Kier alpha value is -1.82. The summed E-state index contributed by atoms with van der Waals surface area (Å²) in [5.41, 5.74) is 1.24. The van der Waals surface area contributed by atoms with Gasteiger partial charge in [-0.2, -0.15) is 0 Å². The predicted molar refractivity (Wildman–Crippen MR) is 91.4 cm³/mol. The van der Waals surface area contributed by atoms with E-state index in [0.717, 1.165) is 24.8 Å². The lowest BCUT2D eigenvalue weighted by Gasteiger charge is -2.36. The van der Waals surface area contributed by atoms with Gasteiger partial charge in [-0.25, -0.2) is 4.68 Å².